The lowest BCUT2D eigenvalue weighted by Crippen LogP contribution is -2.27. The van der Waals surface area contributed by atoms with Gasteiger partial charge in [0.25, 0.3) is 5.56 Å². The molecule has 0 saturated carbocycles. The molecular weight excluding hydrogens is 228 g/mol. The van der Waals surface area contributed by atoms with Gasteiger partial charge >= 0.3 is 0 Å². The van der Waals surface area contributed by atoms with Crippen molar-refractivity contribution in [1.82, 2.24) is 14.1 Å². The summed E-state index contributed by atoms with van der Waals surface area (Å²) in [7, 11) is 1.95. The van der Waals surface area contributed by atoms with Gasteiger partial charge in [0.15, 0.2) is 0 Å². The van der Waals surface area contributed by atoms with Gasteiger partial charge in [-0.15, -0.1) is 0 Å². The second-order valence-electron chi connectivity index (χ2n) is 4.37. The van der Waals surface area contributed by atoms with E-state index in [0.717, 1.165) is 17.9 Å². The van der Waals surface area contributed by atoms with Crippen LogP contribution in [0, 0.1) is 6.92 Å². The zero-order valence-corrected chi connectivity index (χ0v) is 10.8. The van der Waals surface area contributed by atoms with Gasteiger partial charge in [0.2, 0.25) is 0 Å². The molecule has 0 aromatic carbocycles. The third kappa shape index (κ3) is 2.36. The molecule has 18 heavy (non-hydrogen) atoms. The number of hydrogen-bond acceptors (Lipinski definition) is 3. The van der Waals surface area contributed by atoms with Gasteiger partial charge < -0.3 is 14.9 Å². The fourth-order valence-electron chi connectivity index (χ4n) is 2.00. The lowest BCUT2D eigenvalue weighted by Gasteiger charge is -2.11. The Balaban J connectivity index is 2.24. The summed E-state index contributed by atoms with van der Waals surface area (Å²) in [6, 6.07) is 3.73. The molecule has 0 spiro atoms. The van der Waals surface area contributed by atoms with Crippen molar-refractivity contribution >= 4 is 0 Å². The van der Waals surface area contributed by atoms with Gasteiger partial charge in [-0.25, -0.2) is 4.98 Å². The first kappa shape index (κ1) is 12.6. The van der Waals surface area contributed by atoms with Crippen LogP contribution in [0.3, 0.4) is 0 Å². The highest BCUT2D eigenvalue weighted by Crippen LogP contribution is 2.02. The Bertz CT molecular complexity index is 597. The minimum absolute atomic E-state index is 0.00621. The average molecular weight is 246 g/mol. The van der Waals surface area contributed by atoms with Gasteiger partial charge in [-0.05, 0) is 13.0 Å². The van der Waals surface area contributed by atoms with E-state index >= 15 is 0 Å². The van der Waals surface area contributed by atoms with Crippen molar-refractivity contribution in [2.24, 2.45) is 12.8 Å². The third-order valence-electron chi connectivity index (χ3n) is 3.17. The Kier molecular flexibility index (Phi) is 3.62. The first-order chi connectivity index (χ1) is 8.63. The highest BCUT2D eigenvalue weighted by Gasteiger charge is 2.06. The summed E-state index contributed by atoms with van der Waals surface area (Å²) in [6.45, 7) is 2.84. The minimum Gasteiger partial charge on any atom is -0.338 e. The maximum atomic E-state index is 12.1. The maximum absolute atomic E-state index is 12.1. The minimum atomic E-state index is 0.00621. The lowest BCUT2D eigenvalue weighted by atomic mass is 10.2. The Morgan fingerprint density at radius 2 is 2.17 bits per heavy atom. The van der Waals surface area contributed by atoms with Crippen LogP contribution in [-0.4, -0.2) is 14.1 Å². The number of aryl methyl sites for hydroxylation is 3. The van der Waals surface area contributed by atoms with E-state index in [2.05, 4.69) is 4.98 Å². The zero-order chi connectivity index (χ0) is 13.1. The first-order valence-corrected chi connectivity index (χ1v) is 5.99. The van der Waals surface area contributed by atoms with Gasteiger partial charge in [-0.3, -0.25) is 4.79 Å². The molecule has 5 nitrogen and oxygen atoms in total. The number of rotatable bonds is 4. The zero-order valence-electron chi connectivity index (χ0n) is 10.8. The smallest absolute Gasteiger partial charge is 0.255 e. The Morgan fingerprint density at radius 3 is 2.78 bits per heavy atom. The van der Waals surface area contributed by atoms with Crippen LogP contribution in [0.2, 0.25) is 0 Å². The monoisotopic (exact) mass is 246 g/mol. The molecule has 2 N–H and O–H groups in total. The van der Waals surface area contributed by atoms with E-state index < -0.39 is 0 Å². The fourth-order valence-corrected chi connectivity index (χ4v) is 2.00. The second kappa shape index (κ2) is 5.18. The number of aromatic nitrogens is 3. The van der Waals surface area contributed by atoms with Gasteiger partial charge in [0, 0.05) is 50.2 Å². The van der Waals surface area contributed by atoms with Gasteiger partial charge in [-0.1, -0.05) is 6.07 Å². The highest BCUT2D eigenvalue weighted by atomic mass is 16.1. The van der Waals surface area contributed by atoms with Crippen LogP contribution in [0.4, 0.5) is 0 Å². The van der Waals surface area contributed by atoms with E-state index in [4.69, 9.17) is 5.73 Å². The summed E-state index contributed by atoms with van der Waals surface area (Å²) in [5.74, 6) is 0.972. The van der Waals surface area contributed by atoms with Gasteiger partial charge in [0.1, 0.15) is 5.82 Å². The third-order valence-corrected chi connectivity index (χ3v) is 3.17. The van der Waals surface area contributed by atoms with Crippen LogP contribution in [0.1, 0.15) is 17.1 Å². The standard InChI is InChI=1S/C13H18N4O/c1-10-3-4-11(9-14)13(18)17(10)7-5-12-15-6-8-16(12)2/h3-4,6,8H,5,7,9,14H2,1-2H3. The molecule has 0 atom stereocenters. The molecule has 0 radical (unpaired) electrons. The van der Waals surface area contributed by atoms with Crippen molar-refractivity contribution in [3.8, 4) is 0 Å². The Morgan fingerprint density at radius 1 is 1.39 bits per heavy atom. The summed E-state index contributed by atoms with van der Waals surface area (Å²) < 4.78 is 3.73. The highest BCUT2D eigenvalue weighted by molar-refractivity contribution is 5.15. The van der Waals surface area contributed by atoms with E-state index in [0.29, 0.717) is 12.1 Å². The number of pyridine rings is 1. The predicted octanol–water partition coefficient (Wildman–Crippen LogP) is 0.592. The summed E-state index contributed by atoms with van der Waals surface area (Å²) in [6.07, 6.45) is 4.40. The number of hydrogen-bond donors (Lipinski definition) is 1. The molecule has 96 valence electrons. The number of nitrogens with two attached hydrogens (primary N) is 1. The lowest BCUT2D eigenvalue weighted by molar-refractivity contribution is 0.612. The van der Waals surface area contributed by atoms with Gasteiger partial charge in [-0.2, -0.15) is 0 Å². The van der Waals surface area contributed by atoms with Crippen LogP contribution >= 0.6 is 0 Å². The van der Waals surface area contributed by atoms with Crippen molar-refractivity contribution in [3.63, 3.8) is 0 Å². The van der Waals surface area contributed by atoms with Crippen molar-refractivity contribution in [2.45, 2.75) is 26.4 Å². The normalized spacial score (nSPS) is 10.8. The molecular formula is C13H18N4O. The van der Waals surface area contributed by atoms with Crippen LogP contribution < -0.4 is 11.3 Å². The topological polar surface area (TPSA) is 65.8 Å². The first-order valence-electron chi connectivity index (χ1n) is 5.99. The summed E-state index contributed by atoms with van der Waals surface area (Å²) in [4.78, 5) is 16.4. The average Bonchev–Trinajstić information content (AvgIpc) is 2.75. The van der Waals surface area contributed by atoms with Crippen LogP contribution in [0.25, 0.3) is 0 Å². The fraction of sp³-hybridized carbons (Fsp3) is 0.385. The summed E-state index contributed by atoms with van der Waals surface area (Å²) in [5, 5.41) is 0. The molecule has 2 rings (SSSR count). The van der Waals surface area contributed by atoms with E-state index in [-0.39, 0.29) is 12.1 Å². The molecule has 0 aliphatic heterocycles. The van der Waals surface area contributed by atoms with Crippen molar-refractivity contribution < 1.29 is 0 Å². The molecule has 0 aliphatic rings. The van der Waals surface area contributed by atoms with Gasteiger partial charge in [0.05, 0.1) is 0 Å². The van der Waals surface area contributed by atoms with E-state index in [1.807, 2.05) is 30.8 Å². The molecule has 0 unspecified atom stereocenters. The molecule has 0 fully saturated rings. The Hall–Kier alpha value is -1.88. The molecule has 2 aromatic heterocycles. The quantitative estimate of drug-likeness (QED) is 0.858. The summed E-state index contributed by atoms with van der Waals surface area (Å²) >= 11 is 0. The van der Waals surface area contributed by atoms with Crippen molar-refractivity contribution in [1.29, 1.82) is 0 Å². The Labute approximate surface area is 106 Å². The van der Waals surface area contributed by atoms with Crippen molar-refractivity contribution in [2.75, 3.05) is 0 Å². The molecule has 2 heterocycles. The van der Waals surface area contributed by atoms with E-state index in [1.54, 1.807) is 16.8 Å². The predicted molar refractivity (Wildman–Crippen MR) is 70.2 cm³/mol. The largest absolute Gasteiger partial charge is 0.338 e. The number of nitrogens with zero attached hydrogens (tertiary/aromatic N) is 3. The number of imidazole rings is 1. The van der Waals surface area contributed by atoms with Crippen LogP contribution in [0.5, 0.6) is 0 Å². The van der Waals surface area contributed by atoms with Crippen molar-refractivity contribution in [3.05, 3.63) is 52.0 Å². The van der Waals surface area contributed by atoms with E-state index in [9.17, 15) is 4.79 Å². The van der Waals surface area contributed by atoms with Crippen LogP contribution in [0.15, 0.2) is 29.3 Å². The maximum Gasteiger partial charge on any atom is 0.255 e. The van der Waals surface area contributed by atoms with Crippen LogP contribution in [-0.2, 0) is 26.6 Å². The molecule has 0 bridgehead atoms. The SMILES string of the molecule is Cc1ccc(CN)c(=O)n1CCc1nccn1C. The van der Waals surface area contributed by atoms with E-state index in [1.165, 1.54) is 0 Å². The molecule has 0 saturated heterocycles. The molecule has 0 aliphatic carbocycles. The molecule has 5 heteroatoms. The summed E-state index contributed by atoms with van der Waals surface area (Å²) in [5.41, 5.74) is 7.16. The molecule has 0 amide bonds. The molecule has 2 aromatic rings. The second-order valence-corrected chi connectivity index (χ2v) is 4.37.